The predicted octanol–water partition coefficient (Wildman–Crippen LogP) is 1.43. The lowest BCUT2D eigenvalue weighted by atomic mass is 10.1. The third-order valence-electron chi connectivity index (χ3n) is 2.95. The first-order valence-electron chi connectivity index (χ1n) is 6.01. The highest BCUT2D eigenvalue weighted by Crippen LogP contribution is 2.23. The molecule has 0 saturated carbocycles. The fraction of sp³-hybridized carbons (Fsp3) is 0.545. The Morgan fingerprint density at radius 3 is 3.39 bits per heavy atom. The molecule has 6 nitrogen and oxygen atoms in total. The van der Waals surface area contributed by atoms with Gasteiger partial charge in [0.25, 0.3) is 0 Å². The van der Waals surface area contributed by atoms with Gasteiger partial charge in [0, 0.05) is 13.0 Å². The maximum absolute atomic E-state index is 5.32. The highest BCUT2D eigenvalue weighted by Gasteiger charge is 2.25. The highest BCUT2D eigenvalue weighted by molar-refractivity contribution is 7.98. The van der Waals surface area contributed by atoms with Crippen LogP contribution in [-0.4, -0.2) is 25.9 Å². The quantitative estimate of drug-likeness (QED) is 0.870. The van der Waals surface area contributed by atoms with Crippen LogP contribution in [0.1, 0.15) is 36.1 Å². The number of fused-ring (bicyclic) bond motifs is 1. The van der Waals surface area contributed by atoms with E-state index in [1.54, 1.807) is 18.1 Å². The van der Waals surface area contributed by atoms with Gasteiger partial charge in [-0.25, -0.2) is 4.98 Å². The van der Waals surface area contributed by atoms with Gasteiger partial charge in [-0.05, 0) is 5.75 Å². The van der Waals surface area contributed by atoms with Crippen LogP contribution < -0.4 is 5.32 Å². The van der Waals surface area contributed by atoms with E-state index in [2.05, 4.69) is 32.3 Å². The fourth-order valence-electron chi connectivity index (χ4n) is 2.00. The number of nitrogens with one attached hydrogen (secondary N) is 2. The van der Waals surface area contributed by atoms with Crippen molar-refractivity contribution in [2.75, 3.05) is 5.75 Å². The van der Waals surface area contributed by atoms with Crippen LogP contribution in [0.3, 0.4) is 0 Å². The van der Waals surface area contributed by atoms with Gasteiger partial charge in [0.15, 0.2) is 5.82 Å². The van der Waals surface area contributed by atoms with Crippen molar-refractivity contribution in [3.8, 4) is 0 Å². The van der Waals surface area contributed by atoms with Crippen LogP contribution in [0, 0.1) is 0 Å². The molecular weight excluding hydrogens is 250 g/mol. The van der Waals surface area contributed by atoms with Crippen LogP contribution in [0.25, 0.3) is 0 Å². The summed E-state index contributed by atoms with van der Waals surface area (Å²) >= 11 is 1.79. The molecule has 0 amide bonds. The largest absolute Gasteiger partial charge is 0.347 e. The predicted molar refractivity (Wildman–Crippen MR) is 68.0 cm³/mol. The van der Waals surface area contributed by atoms with Crippen molar-refractivity contribution < 1.29 is 4.52 Å². The second-order valence-electron chi connectivity index (χ2n) is 4.15. The molecule has 3 rings (SSSR count). The first-order valence-corrected chi connectivity index (χ1v) is 7.17. The summed E-state index contributed by atoms with van der Waals surface area (Å²) in [5, 5.41) is 7.37. The Balaban J connectivity index is 1.70. The van der Waals surface area contributed by atoms with E-state index in [0.29, 0.717) is 5.89 Å². The fourth-order valence-corrected chi connectivity index (χ4v) is 2.51. The number of thioether (sulfide) groups is 1. The lowest BCUT2D eigenvalue weighted by Crippen LogP contribution is -2.28. The average molecular weight is 265 g/mol. The average Bonchev–Trinajstić information content (AvgIpc) is 3.04. The van der Waals surface area contributed by atoms with Gasteiger partial charge < -0.3 is 9.51 Å². The SMILES string of the molecule is CCSCc1noc(C2Cc3nc[nH]c3CN2)n1. The first-order chi connectivity index (χ1) is 8.86. The van der Waals surface area contributed by atoms with Gasteiger partial charge in [-0.3, -0.25) is 5.32 Å². The Bertz CT molecular complexity index is 523. The molecule has 0 aromatic carbocycles. The van der Waals surface area contributed by atoms with Crippen molar-refractivity contribution in [2.45, 2.75) is 31.7 Å². The molecule has 2 aromatic rings. The molecular formula is C11H15N5OS. The summed E-state index contributed by atoms with van der Waals surface area (Å²) < 4.78 is 5.32. The molecule has 1 atom stereocenters. The summed E-state index contributed by atoms with van der Waals surface area (Å²) in [6, 6.07) is 0.0775. The zero-order valence-corrected chi connectivity index (χ0v) is 11.0. The Kier molecular flexibility index (Phi) is 3.33. The van der Waals surface area contributed by atoms with E-state index >= 15 is 0 Å². The van der Waals surface area contributed by atoms with Crippen LogP contribution in [0.15, 0.2) is 10.9 Å². The number of hydrogen-bond donors (Lipinski definition) is 2. The van der Waals surface area contributed by atoms with Crippen LogP contribution in [0.5, 0.6) is 0 Å². The molecule has 3 heterocycles. The zero-order chi connectivity index (χ0) is 12.4. The topological polar surface area (TPSA) is 79.6 Å². The maximum atomic E-state index is 5.32. The lowest BCUT2D eigenvalue weighted by Gasteiger charge is -2.19. The number of nitrogens with zero attached hydrogens (tertiary/aromatic N) is 3. The molecule has 0 saturated heterocycles. The summed E-state index contributed by atoms with van der Waals surface area (Å²) in [5.74, 6) is 3.30. The normalized spacial score (nSPS) is 18.8. The molecule has 0 radical (unpaired) electrons. The molecule has 18 heavy (non-hydrogen) atoms. The third-order valence-corrected chi connectivity index (χ3v) is 3.82. The van der Waals surface area contributed by atoms with Crippen molar-refractivity contribution in [3.05, 3.63) is 29.4 Å². The van der Waals surface area contributed by atoms with Crippen molar-refractivity contribution in [3.63, 3.8) is 0 Å². The molecule has 0 fully saturated rings. The monoisotopic (exact) mass is 265 g/mol. The summed E-state index contributed by atoms with van der Waals surface area (Å²) in [6.45, 7) is 2.88. The van der Waals surface area contributed by atoms with E-state index in [4.69, 9.17) is 4.52 Å². The molecule has 0 spiro atoms. The van der Waals surface area contributed by atoms with Gasteiger partial charge in [0.05, 0.1) is 29.5 Å². The van der Waals surface area contributed by atoms with Crippen molar-refractivity contribution in [1.82, 2.24) is 25.4 Å². The Morgan fingerprint density at radius 2 is 2.50 bits per heavy atom. The molecule has 1 unspecified atom stereocenters. The summed E-state index contributed by atoms with van der Waals surface area (Å²) in [4.78, 5) is 11.8. The van der Waals surface area contributed by atoms with Gasteiger partial charge in [-0.2, -0.15) is 16.7 Å². The molecule has 1 aliphatic heterocycles. The number of hydrogen-bond acceptors (Lipinski definition) is 6. The van der Waals surface area contributed by atoms with E-state index in [1.807, 2.05) is 0 Å². The number of rotatable bonds is 4. The number of imidazole rings is 1. The molecule has 2 N–H and O–H groups in total. The second-order valence-corrected chi connectivity index (χ2v) is 5.43. The minimum absolute atomic E-state index is 0.0775. The van der Waals surface area contributed by atoms with Crippen LogP contribution in [-0.2, 0) is 18.7 Å². The van der Waals surface area contributed by atoms with Crippen molar-refractivity contribution >= 4 is 11.8 Å². The smallest absolute Gasteiger partial charge is 0.244 e. The van der Waals surface area contributed by atoms with Gasteiger partial charge in [-0.1, -0.05) is 12.1 Å². The third kappa shape index (κ3) is 2.28. The molecule has 0 bridgehead atoms. The maximum Gasteiger partial charge on any atom is 0.244 e. The first kappa shape index (κ1) is 11.7. The van der Waals surface area contributed by atoms with Gasteiger partial charge in [-0.15, -0.1) is 0 Å². The van der Waals surface area contributed by atoms with Gasteiger partial charge in [0.2, 0.25) is 5.89 Å². The Labute approximate surface area is 109 Å². The van der Waals surface area contributed by atoms with Crippen molar-refractivity contribution in [2.24, 2.45) is 0 Å². The van der Waals surface area contributed by atoms with Crippen LogP contribution >= 0.6 is 11.8 Å². The minimum Gasteiger partial charge on any atom is -0.347 e. The lowest BCUT2D eigenvalue weighted by molar-refractivity contribution is 0.317. The molecule has 1 aliphatic rings. The molecule has 96 valence electrons. The second kappa shape index (κ2) is 5.11. The Hall–Kier alpha value is -1.34. The van der Waals surface area contributed by atoms with Crippen molar-refractivity contribution in [1.29, 1.82) is 0 Å². The van der Waals surface area contributed by atoms with E-state index in [0.717, 1.165) is 41.7 Å². The van der Waals surface area contributed by atoms with E-state index < -0.39 is 0 Å². The van der Waals surface area contributed by atoms with Gasteiger partial charge in [0.1, 0.15) is 0 Å². The summed E-state index contributed by atoms with van der Waals surface area (Å²) in [7, 11) is 0. The van der Waals surface area contributed by atoms with E-state index in [1.165, 1.54) is 0 Å². The Morgan fingerprint density at radius 1 is 1.56 bits per heavy atom. The molecule has 2 aromatic heterocycles. The zero-order valence-electron chi connectivity index (χ0n) is 10.1. The van der Waals surface area contributed by atoms with Crippen LogP contribution in [0.4, 0.5) is 0 Å². The summed E-state index contributed by atoms with van der Waals surface area (Å²) in [5.41, 5.74) is 2.23. The standard InChI is InChI=1S/C11H15N5OS/c1-2-18-5-10-15-11(17-16-10)8-3-7-9(4-12-8)14-6-13-7/h6,8,12H,2-5H2,1H3,(H,13,14). The molecule has 0 aliphatic carbocycles. The summed E-state index contributed by atoms with van der Waals surface area (Å²) in [6.07, 6.45) is 2.52. The number of aromatic amines is 1. The highest BCUT2D eigenvalue weighted by atomic mass is 32.2. The van der Waals surface area contributed by atoms with E-state index in [9.17, 15) is 0 Å². The van der Waals surface area contributed by atoms with E-state index in [-0.39, 0.29) is 6.04 Å². The number of aromatic nitrogens is 4. The molecule has 7 heteroatoms. The van der Waals surface area contributed by atoms with Crippen LogP contribution in [0.2, 0.25) is 0 Å². The van der Waals surface area contributed by atoms with Gasteiger partial charge >= 0.3 is 0 Å². The minimum atomic E-state index is 0.0775. The number of H-pyrrole nitrogens is 1.